The Hall–Kier alpha value is -0.610. The predicted octanol–water partition coefficient (Wildman–Crippen LogP) is 0.716. The number of hydrogen-bond donors (Lipinski definition) is 0. The van der Waals surface area contributed by atoms with Gasteiger partial charge in [0.2, 0.25) is 0 Å². The minimum Gasteiger partial charge on any atom is -0.469 e. The third kappa shape index (κ3) is 0.792. The molecule has 2 unspecified atom stereocenters. The summed E-state index contributed by atoms with van der Waals surface area (Å²) in [4.78, 5) is 17.4. The smallest absolute Gasteiger partial charge is 0.313 e. The van der Waals surface area contributed by atoms with E-state index in [1.54, 1.807) is 0 Å². The number of rotatable bonds is 1. The summed E-state index contributed by atoms with van der Waals surface area (Å²) in [5.74, 6) is -0.188. The van der Waals surface area contributed by atoms with Gasteiger partial charge in [0.1, 0.15) is 5.92 Å². The predicted molar refractivity (Wildman–Crippen MR) is 48.3 cm³/mol. The molecule has 0 aliphatic carbocycles. The van der Waals surface area contributed by atoms with Crippen molar-refractivity contribution in [3.63, 3.8) is 0 Å². The number of piperidine rings is 1. The average Bonchev–Trinajstić information content (AvgIpc) is 2.72. The van der Waals surface area contributed by atoms with Crippen molar-refractivity contribution in [3.8, 4) is 0 Å². The molecule has 3 fully saturated rings. The Morgan fingerprint density at radius 1 is 1.64 bits per heavy atom. The minimum atomic E-state index is -0.111. The number of carbonyl (C=O) groups is 1. The largest absolute Gasteiger partial charge is 0.469 e. The Morgan fingerprint density at radius 2 is 2.43 bits per heavy atom. The second-order valence-corrected chi connectivity index (χ2v) is 4.76. The molecule has 3 aliphatic rings. The standard InChI is InChI=1S/C10H15NO3/c1-10-4-3-6-5-7(14-11(6)10)8(10)9(12)13-2/h6-8H,3-5H2,1-2H3/t6-,7+,8?,10?/m1/s1. The molecule has 0 aromatic heterocycles. The van der Waals surface area contributed by atoms with E-state index in [9.17, 15) is 4.79 Å². The Kier molecular flexibility index (Phi) is 1.55. The van der Waals surface area contributed by atoms with E-state index in [0.717, 1.165) is 19.3 Å². The number of carbonyl (C=O) groups excluding carboxylic acids is 1. The average molecular weight is 197 g/mol. The molecule has 3 aliphatic heterocycles. The van der Waals surface area contributed by atoms with Gasteiger partial charge in [-0.1, -0.05) is 0 Å². The fraction of sp³-hybridized carbons (Fsp3) is 0.900. The molecule has 0 spiro atoms. The second kappa shape index (κ2) is 2.49. The highest BCUT2D eigenvalue weighted by molar-refractivity contribution is 5.75. The van der Waals surface area contributed by atoms with Crippen LogP contribution in [0.15, 0.2) is 0 Å². The SMILES string of the molecule is COC(=O)C1[C@@H]2C[C@H]3CCC1(C)N3O2. The van der Waals surface area contributed by atoms with Crippen molar-refractivity contribution in [1.29, 1.82) is 0 Å². The summed E-state index contributed by atoms with van der Waals surface area (Å²) in [6.45, 7) is 2.12. The van der Waals surface area contributed by atoms with Crippen LogP contribution in [0.5, 0.6) is 0 Å². The lowest BCUT2D eigenvalue weighted by atomic mass is 9.80. The maximum Gasteiger partial charge on any atom is 0.313 e. The van der Waals surface area contributed by atoms with Crippen molar-refractivity contribution in [2.45, 2.75) is 43.9 Å². The molecule has 4 nitrogen and oxygen atoms in total. The first-order valence-corrected chi connectivity index (χ1v) is 5.21. The molecule has 3 heterocycles. The van der Waals surface area contributed by atoms with E-state index in [2.05, 4.69) is 12.0 Å². The third-order valence-corrected chi connectivity index (χ3v) is 4.07. The van der Waals surface area contributed by atoms with E-state index in [1.165, 1.54) is 7.11 Å². The van der Waals surface area contributed by atoms with E-state index in [4.69, 9.17) is 9.57 Å². The van der Waals surface area contributed by atoms with E-state index >= 15 is 0 Å². The van der Waals surface area contributed by atoms with Crippen molar-refractivity contribution >= 4 is 5.97 Å². The van der Waals surface area contributed by atoms with Gasteiger partial charge in [-0.05, 0) is 26.2 Å². The Morgan fingerprint density at radius 3 is 3.14 bits per heavy atom. The molecule has 3 rings (SSSR count). The maximum absolute atomic E-state index is 11.7. The van der Waals surface area contributed by atoms with Crippen LogP contribution in [0.1, 0.15) is 26.2 Å². The maximum atomic E-state index is 11.7. The number of hydroxylamine groups is 2. The molecule has 0 aromatic carbocycles. The van der Waals surface area contributed by atoms with Crippen LogP contribution in [0, 0.1) is 5.92 Å². The lowest BCUT2D eigenvalue weighted by molar-refractivity contribution is -0.150. The summed E-state index contributed by atoms with van der Waals surface area (Å²) >= 11 is 0. The van der Waals surface area contributed by atoms with E-state index in [-0.39, 0.29) is 23.5 Å². The minimum absolute atomic E-state index is 0.0694. The molecule has 14 heavy (non-hydrogen) atoms. The third-order valence-electron chi connectivity index (χ3n) is 4.07. The zero-order valence-electron chi connectivity index (χ0n) is 8.53. The van der Waals surface area contributed by atoms with Gasteiger partial charge in [0.05, 0.1) is 18.8 Å². The van der Waals surface area contributed by atoms with Gasteiger partial charge in [-0.2, -0.15) is 5.06 Å². The normalized spacial score (nSPS) is 50.0. The molecule has 0 radical (unpaired) electrons. The highest BCUT2D eigenvalue weighted by atomic mass is 16.7. The van der Waals surface area contributed by atoms with Crippen molar-refractivity contribution in [2.75, 3.05) is 7.11 Å². The van der Waals surface area contributed by atoms with Crippen molar-refractivity contribution in [3.05, 3.63) is 0 Å². The van der Waals surface area contributed by atoms with Crippen molar-refractivity contribution in [2.24, 2.45) is 5.92 Å². The number of hydrogen-bond acceptors (Lipinski definition) is 4. The Balaban J connectivity index is 1.97. The molecule has 4 heteroatoms. The highest BCUT2D eigenvalue weighted by Crippen LogP contribution is 2.55. The lowest BCUT2D eigenvalue weighted by Crippen LogP contribution is -2.49. The van der Waals surface area contributed by atoms with E-state index in [0.29, 0.717) is 6.04 Å². The number of fused-ring (bicyclic) bond motifs is 1. The molecular weight excluding hydrogens is 182 g/mol. The lowest BCUT2D eigenvalue weighted by Gasteiger charge is -2.33. The molecule has 0 saturated carbocycles. The van der Waals surface area contributed by atoms with Crippen molar-refractivity contribution in [1.82, 2.24) is 5.06 Å². The van der Waals surface area contributed by atoms with Gasteiger partial charge >= 0.3 is 5.97 Å². The quantitative estimate of drug-likeness (QED) is 0.580. The molecule has 3 saturated heterocycles. The molecule has 0 amide bonds. The molecule has 0 N–H and O–H groups in total. The van der Waals surface area contributed by atoms with Crippen LogP contribution >= 0.6 is 0 Å². The number of nitrogens with zero attached hydrogens (tertiary/aromatic N) is 1. The zero-order valence-corrected chi connectivity index (χ0v) is 8.53. The first-order chi connectivity index (χ1) is 6.66. The van der Waals surface area contributed by atoms with Gasteiger partial charge in [0.15, 0.2) is 0 Å². The number of esters is 1. The summed E-state index contributed by atoms with van der Waals surface area (Å²) < 4.78 is 4.86. The van der Waals surface area contributed by atoms with E-state index < -0.39 is 0 Å². The van der Waals surface area contributed by atoms with Crippen LogP contribution in [-0.2, 0) is 14.4 Å². The van der Waals surface area contributed by atoms with Gasteiger partial charge in [0, 0.05) is 6.04 Å². The first-order valence-electron chi connectivity index (χ1n) is 5.21. The van der Waals surface area contributed by atoms with Gasteiger partial charge in [-0.25, -0.2) is 0 Å². The topological polar surface area (TPSA) is 38.8 Å². The van der Waals surface area contributed by atoms with Gasteiger partial charge in [-0.15, -0.1) is 0 Å². The summed E-state index contributed by atoms with van der Waals surface area (Å²) in [7, 11) is 1.46. The van der Waals surface area contributed by atoms with Gasteiger partial charge in [0.25, 0.3) is 0 Å². The summed E-state index contributed by atoms with van der Waals surface area (Å²) in [5, 5.41) is 2.05. The van der Waals surface area contributed by atoms with Crippen molar-refractivity contribution < 1.29 is 14.4 Å². The first kappa shape index (κ1) is 8.68. The van der Waals surface area contributed by atoms with E-state index in [1.807, 2.05) is 0 Å². The van der Waals surface area contributed by atoms with Crippen LogP contribution in [0.2, 0.25) is 0 Å². The molecular formula is C10H15NO3. The van der Waals surface area contributed by atoms with Crippen LogP contribution < -0.4 is 0 Å². The summed E-state index contributed by atoms with van der Waals surface area (Å²) in [5.41, 5.74) is -0.0966. The monoisotopic (exact) mass is 197 g/mol. The van der Waals surface area contributed by atoms with Gasteiger partial charge in [-0.3, -0.25) is 9.63 Å². The molecule has 4 atom stereocenters. The Bertz CT molecular complexity index is 293. The fourth-order valence-electron chi connectivity index (χ4n) is 3.40. The Labute approximate surface area is 83.1 Å². The summed E-state index contributed by atoms with van der Waals surface area (Å²) in [6.07, 6.45) is 3.27. The van der Waals surface area contributed by atoms with Crippen LogP contribution in [0.25, 0.3) is 0 Å². The number of methoxy groups -OCH3 is 1. The highest BCUT2D eigenvalue weighted by Gasteiger charge is 2.66. The molecule has 78 valence electrons. The number of ether oxygens (including phenoxy) is 1. The molecule has 0 aromatic rings. The van der Waals surface area contributed by atoms with Crippen LogP contribution in [-0.4, -0.2) is 35.8 Å². The van der Waals surface area contributed by atoms with Crippen LogP contribution in [0.3, 0.4) is 0 Å². The van der Waals surface area contributed by atoms with Crippen LogP contribution in [0.4, 0.5) is 0 Å². The zero-order chi connectivity index (χ0) is 9.92. The molecule has 2 bridgehead atoms. The fourth-order valence-corrected chi connectivity index (χ4v) is 3.40. The summed E-state index contributed by atoms with van der Waals surface area (Å²) in [6, 6.07) is 0.547. The van der Waals surface area contributed by atoms with Gasteiger partial charge < -0.3 is 4.74 Å². The second-order valence-electron chi connectivity index (χ2n) is 4.76.